The molecule has 29 heavy (non-hydrogen) atoms. The smallest absolute Gasteiger partial charge is 0.264 e. The summed E-state index contributed by atoms with van der Waals surface area (Å²) in [6.07, 6.45) is 2.68. The first kappa shape index (κ1) is 23.1. The van der Waals surface area contributed by atoms with Gasteiger partial charge in [0.1, 0.15) is 12.3 Å². The number of hydrogen-bond acceptors (Lipinski definition) is 5. The molecule has 158 valence electrons. The molecule has 1 amide bonds. The number of rotatable bonds is 10. The molecule has 2 rings (SSSR count). The van der Waals surface area contributed by atoms with Crippen LogP contribution in [0.1, 0.15) is 27.2 Å². The van der Waals surface area contributed by atoms with Crippen molar-refractivity contribution in [2.75, 3.05) is 23.7 Å². The van der Waals surface area contributed by atoms with Gasteiger partial charge in [0.2, 0.25) is 5.91 Å². The van der Waals surface area contributed by atoms with Gasteiger partial charge in [-0.25, -0.2) is 8.42 Å². The van der Waals surface area contributed by atoms with E-state index in [0.29, 0.717) is 18.0 Å². The molecule has 0 unspecified atom stereocenters. The van der Waals surface area contributed by atoms with Crippen LogP contribution in [0.2, 0.25) is 0 Å². The Morgan fingerprint density at radius 1 is 1.14 bits per heavy atom. The Kier molecular flexibility index (Phi) is 8.40. The zero-order valence-electron chi connectivity index (χ0n) is 17.2. The van der Waals surface area contributed by atoms with Gasteiger partial charge in [0.15, 0.2) is 0 Å². The average molecular weight is 437 g/mol. The summed E-state index contributed by atoms with van der Waals surface area (Å²) in [5.74, 6) is 0.0469. The molecule has 0 aliphatic heterocycles. The number of amides is 1. The molecule has 0 saturated carbocycles. The number of thioether (sulfide) groups is 1. The van der Waals surface area contributed by atoms with Crippen LogP contribution in [-0.2, 0) is 14.8 Å². The number of carbonyl (C=O) groups excluding carboxylic acids is 1. The average Bonchev–Trinajstić information content (AvgIpc) is 2.72. The molecule has 0 aliphatic rings. The first-order valence-corrected chi connectivity index (χ1v) is 12.2. The van der Waals surface area contributed by atoms with E-state index < -0.39 is 10.0 Å². The van der Waals surface area contributed by atoms with Gasteiger partial charge in [0.25, 0.3) is 10.0 Å². The number of nitrogens with one attached hydrogen (secondary N) is 1. The Balaban J connectivity index is 2.49. The van der Waals surface area contributed by atoms with Crippen LogP contribution in [0.25, 0.3) is 0 Å². The second-order valence-corrected chi connectivity index (χ2v) is 9.21. The van der Waals surface area contributed by atoms with Crippen LogP contribution < -0.4 is 14.4 Å². The predicted molar refractivity (Wildman–Crippen MR) is 118 cm³/mol. The van der Waals surface area contributed by atoms with E-state index in [0.717, 1.165) is 15.6 Å². The Labute approximate surface area is 177 Å². The molecule has 8 heteroatoms. The molecular weight excluding hydrogens is 408 g/mol. The highest BCUT2D eigenvalue weighted by molar-refractivity contribution is 7.98. The fourth-order valence-electron chi connectivity index (χ4n) is 2.67. The lowest BCUT2D eigenvalue weighted by atomic mass is 10.2. The molecule has 0 spiro atoms. The number of nitrogens with zero attached hydrogens (tertiary/aromatic N) is 1. The Hall–Kier alpha value is -2.19. The van der Waals surface area contributed by atoms with Crippen LogP contribution in [-0.4, -0.2) is 39.8 Å². The topological polar surface area (TPSA) is 75.7 Å². The van der Waals surface area contributed by atoms with Gasteiger partial charge in [-0.3, -0.25) is 9.10 Å². The molecule has 0 aliphatic carbocycles. The van der Waals surface area contributed by atoms with Crippen LogP contribution in [0.4, 0.5) is 5.69 Å². The molecule has 2 aromatic rings. The summed E-state index contributed by atoms with van der Waals surface area (Å²) < 4.78 is 33.7. The molecule has 1 N–H and O–H groups in total. The summed E-state index contributed by atoms with van der Waals surface area (Å²) >= 11 is 1.53. The van der Waals surface area contributed by atoms with Gasteiger partial charge in [-0.2, -0.15) is 0 Å². The maximum absolute atomic E-state index is 13.5. The minimum Gasteiger partial charge on any atom is -0.492 e. The maximum atomic E-state index is 13.5. The highest BCUT2D eigenvalue weighted by Crippen LogP contribution is 2.32. The first-order chi connectivity index (χ1) is 13.8. The lowest BCUT2D eigenvalue weighted by Gasteiger charge is -2.26. The molecule has 0 bridgehead atoms. The van der Waals surface area contributed by atoms with E-state index in [4.69, 9.17) is 4.74 Å². The molecular formula is C21H28N2O4S2. The maximum Gasteiger partial charge on any atom is 0.264 e. The molecule has 6 nitrogen and oxygen atoms in total. The minimum atomic E-state index is -3.97. The zero-order valence-corrected chi connectivity index (χ0v) is 18.8. The number of sulfonamides is 1. The number of para-hydroxylation sites is 2. The molecule has 2 aromatic carbocycles. The zero-order chi connectivity index (χ0) is 21.4. The monoisotopic (exact) mass is 436 g/mol. The highest BCUT2D eigenvalue weighted by atomic mass is 32.2. The fraction of sp³-hybridized carbons (Fsp3) is 0.381. The molecule has 0 heterocycles. The summed E-state index contributed by atoms with van der Waals surface area (Å²) in [7, 11) is -3.97. The number of carbonyl (C=O) groups is 1. The van der Waals surface area contributed by atoms with E-state index in [9.17, 15) is 13.2 Å². The van der Waals surface area contributed by atoms with E-state index in [1.807, 2.05) is 27.0 Å². The molecule has 0 aromatic heterocycles. The van der Waals surface area contributed by atoms with E-state index in [2.05, 4.69) is 5.32 Å². The summed E-state index contributed by atoms with van der Waals surface area (Å²) in [4.78, 5) is 13.7. The minimum absolute atomic E-state index is 0.0462. The highest BCUT2D eigenvalue weighted by Gasteiger charge is 2.29. The van der Waals surface area contributed by atoms with Crippen molar-refractivity contribution in [3.63, 3.8) is 0 Å². The normalized spacial score (nSPS) is 12.3. The second kappa shape index (κ2) is 10.5. The van der Waals surface area contributed by atoms with E-state index >= 15 is 0 Å². The van der Waals surface area contributed by atoms with Crippen molar-refractivity contribution in [1.82, 2.24) is 5.32 Å². The lowest BCUT2D eigenvalue weighted by molar-refractivity contribution is -0.120. The third-order valence-corrected chi connectivity index (χ3v) is 6.91. The third kappa shape index (κ3) is 5.90. The van der Waals surface area contributed by atoms with Gasteiger partial charge in [0, 0.05) is 10.9 Å². The van der Waals surface area contributed by atoms with Gasteiger partial charge in [-0.1, -0.05) is 19.1 Å². The lowest BCUT2D eigenvalue weighted by Crippen LogP contribution is -2.43. The summed E-state index contributed by atoms with van der Waals surface area (Å²) in [5.41, 5.74) is 0.336. The summed E-state index contributed by atoms with van der Waals surface area (Å²) in [5, 5.41) is 2.83. The van der Waals surface area contributed by atoms with Gasteiger partial charge in [-0.15, -0.1) is 11.8 Å². The van der Waals surface area contributed by atoms with Crippen LogP contribution in [0.5, 0.6) is 5.75 Å². The van der Waals surface area contributed by atoms with Crippen molar-refractivity contribution in [3.05, 3.63) is 48.5 Å². The van der Waals surface area contributed by atoms with Crippen LogP contribution >= 0.6 is 11.8 Å². The van der Waals surface area contributed by atoms with Gasteiger partial charge in [0.05, 0.1) is 17.2 Å². The van der Waals surface area contributed by atoms with E-state index in [1.165, 1.54) is 11.8 Å². The second-order valence-electron chi connectivity index (χ2n) is 6.46. The van der Waals surface area contributed by atoms with Crippen LogP contribution in [0, 0.1) is 0 Å². The Morgan fingerprint density at radius 2 is 1.79 bits per heavy atom. The number of benzene rings is 2. The van der Waals surface area contributed by atoms with Gasteiger partial charge in [-0.05, 0) is 62.9 Å². The van der Waals surface area contributed by atoms with Gasteiger partial charge < -0.3 is 10.1 Å². The van der Waals surface area contributed by atoms with Crippen molar-refractivity contribution >= 4 is 33.4 Å². The van der Waals surface area contributed by atoms with Crippen molar-refractivity contribution in [1.29, 1.82) is 0 Å². The SMILES string of the molecule is CCOc1ccccc1N(CC(=O)N[C@@H](C)CC)S(=O)(=O)c1ccc(SC)cc1. The van der Waals surface area contributed by atoms with Crippen molar-refractivity contribution < 1.29 is 17.9 Å². The largest absolute Gasteiger partial charge is 0.492 e. The first-order valence-electron chi connectivity index (χ1n) is 9.51. The molecule has 0 radical (unpaired) electrons. The van der Waals surface area contributed by atoms with Crippen molar-refractivity contribution in [2.45, 2.75) is 43.0 Å². The van der Waals surface area contributed by atoms with Crippen LogP contribution in [0.3, 0.4) is 0 Å². The standard InChI is InChI=1S/C21H28N2O4S2/c1-5-16(3)22-21(24)15-23(19-9-7-8-10-20(19)27-6-2)29(25,26)18-13-11-17(28-4)12-14-18/h7-14,16H,5-6,15H2,1-4H3,(H,22,24)/t16-/m0/s1. The quantitative estimate of drug-likeness (QED) is 0.572. The fourth-order valence-corrected chi connectivity index (χ4v) is 4.51. The van der Waals surface area contributed by atoms with E-state index in [-0.39, 0.29) is 23.4 Å². The van der Waals surface area contributed by atoms with Gasteiger partial charge >= 0.3 is 0 Å². The number of anilines is 1. The Bertz CT molecular complexity index is 915. The third-order valence-electron chi connectivity index (χ3n) is 4.39. The van der Waals surface area contributed by atoms with Crippen molar-refractivity contribution in [3.8, 4) is 5.75 Å². The predicted octanol–water partition coefficient (Wildman–Crippen LogP) is 3.92. The summed E-state index contributed by atoms with van der Waals surface area (Å²) in [6, 6.07) is 13.4. The molecule has 0 saturated heterocycles. The van der Waals surface area contributed by atoms with Crippen LogP contribution in [0.15, 0.2) is 58.3 Å². The number of hydrogen-bond donors (Lipinski definition) is 1. The molecule has 0 fully saturated rings. The van der Waals surface area contributed by atoms with Crippen molar-refractivity contribution in [2.24, 2.45) is 0 Å². The molecule has 1 atom stereocenters. The Morgan fingerprint density at radius 3 is 2.38 bits per heavy atom. The number of ether oxygens (including phenoxy) is 1. The summed E-state index contributed by atoms with van der Waals surface area (Å²) in [6.45, 7) is 5.71. The van der Waals surface area contributed by atoms with E-state index in [1.54, 1.807) is 48.5 Å².